The van der Waals surface area contributed by atoms with Gasteiger partial charge in [-0.15, -0.1) is 0 Å². The van der Waals surface area contributed by atoms with Crippen LogP contribution in [0.25, 0.3) is 17.4 Å². The lowest BCUT2D eigenvalue weighted by Crippen LogP contribution is -2.50. The number of thiocarbonyl (C=S) groups is 1. The number of hydrazine groups is 1. The fourth-order valence-corrected chi connectivity index (χ4v) is 4.52. The molecule has 0 N–H and O–H groups in total. The van der Waals surface area contributed by atoms with Gasteiger partial charge in [-0.2, -0.15) is 0 Å². The number of nitrogens with zero attached hydrogens (tertiary/aromatic N) is 2. The monoisotopic (exact) mass is 440 g/mol. The molecule has 5 nitrogen and oxygen atoms in total. The fraction of sp³-hybridized carbons (Fsp3) is 0.222. The van der Waals surface area contributed by atoms with Crippen molar-refractivity contribution in [2.75, 3.05) is 26.3 Å². The number of carbonyl (C=O) groups is 1. The second-order valence-electron chi connectivity index (χ2n) is 5.89. The lowest BCUT2D eigenvalue weighted by Gasteiger charge is -2.33. The summed E-state index contributed by atoms with van der Waals surface area (Å²) in [6, 6.07) is 8.76. The van der Waals surface area contributed by atoms with Crippen LogP contribution in [0.2, 0.25) is 10.0 Å². The highest BCUT2D eigenvalue weighted by Gasteiger charge is 2.37. The Morgan fingerprint density at radius 3 is 2.70 bits per heavy atom. The first-order chi connectivity index (χ1) is 13.0. The molecule has 1 aromatic heterocycles. The molecule has 0 atom stereocenters. The van der Waals surface area contributed by atoms with E-state index in [-0.39, 0.29) is 5.91 Å². The average molecular weight is 441 g/mol. The van der Waals surface area contributed by atoms with E-state index in [2.05, 4.69) is 0 Å². The first-order valence-corrected chi connectivity index (χ1v) is 10.2. The second kappa shape index (κ2) is 7.95. The van der Waals surface area contributed by atoms with E-state index >= 15 is 0 Å². The molecule has 2 aliphatic rings. The highest BCUT2D eigenvalue weighted by atomic mass is 35.5. The molecule has 1 amide bonds. The summed E-state index contributed by atoms with van der Waals surface area (Å²) >= 11 is 18.9. The second-order valence-corrected chi connectivity index (χ2v) is 8.41. The molecule has 2 aromatic rings. The summed E-state index contributed by atoms with van der Waals surface area (Å²) in [6.45, 7) is 2.44. The van der Waals surface area contributed by atoms with Crippen LogP contribution in [0.4, 0.5) is 0 Å². The Balaban J connectivity index is 1.57. The molecule has 27 heavy (non-hydrogen) atoms. The maximum absolute atomic E-state index is 12.8. The Hall–Kier alpha value is -1.35. The van der Waals surface area contributed by atoms with Gasteiger partial charge in [0, 0.05) is 29.8 Å². The number of ether oxygens (including phenoxy) is 1. The average Bonchev–Trinajstić information content (AvgIpc) is 3.23. The molecule has 0 spiro atoms. The highest BCUT2D eigenvalue weighted by Crippen LogP contribution is 2.36. The van der Waals surface area contributed by atoms with Crippen LogP contribution in [-0.2, 0) is 9.53 Å². The predicted molar refractivity (Wildman–Crippen MR) is 112 cm³/mol. The largest absolute Gasteiger partial charge is 0.457 e. The number of carbonyl (C=O) groups excluding carboxylic acids is 1. The van der Waals surface area contributed by atoms with Crippen LogP contribution in [-0.4, -0.2) is 46.5 Å². The smallest absolute Gasteiger partial charge is 0.281 e. The van der Waals surface area contributed by atoms with Crippen molar-refractivity contribution in [2.24, 2.45) is 0 Å². The molecular formula is C18H14Cl2N2O3S2. The SMILES string of the molecule is O=C1/C(=C/c2ccc(-c3cc(Cl)ccc3Cl)o2)SC(=S)N1N1CCOCC1. The summed E-state index contributed by atoms with van der Waals surface area (Å²) in [5, 5.41) is 4.57. The Bertz CT molecular complexity index is 938. The Morgan fingerprint density at radius 2 is 1.93 bits per heavy atom. The number of thioether (sulfide) groups is 1. The topological polar surface area (TPSA) is 45.9 Å². The van der Waals surface area contributed by atoms with Gasteiger partial charge in [-0.25, -0.2) is 10.0 Å². The number of rotatable bonds is 3. The van der Waals surface area contributed by atoms with Crippen LogP contribution < -0.4 is 0 Å². The number of morpholine rings is 1. The number of amides is 1. The summed E-state index contributed by atoms with van der Waals surface area (Å²) in [6.07, 6.45) is 1.70. The maximum atomic E-state index is 12.8. The summed E-state index contributed by atoms with van der Waals surface area (Å²) in [5.74, 6) is 0.978. The predicted octanol–water partition coefficient (Wildman–Crippen LogP) is 4.70. The van der Waals surface area contributed by atoms with Crippen molar-refractivity contribution in [3.63, 3.8) is 0 Å². The van der Waals surface area contributed by atoms with Gasteiger partial charge in [0.2, 0.25) is 0 Å². The molecule has 0 bridgehead atoms. The molecule has 0 unspecified atom stereocenters. The van der Waals surface area contributed by atoms with E-state index in [9.17, 15) is 4.79 Å². The number of benzene rings is 1. The van der Waals surface area contributed by atoms with E-state index < -0.39 is 0 Å². The van der Waals surface area contributed by atoms with E-state index in [4.69, 9.17) is 44.6 Å². The number of hydrogen-bond acceptors (Lipinski definition) is 6. The van der Waals surface area contributed by atoms with Crippen LogP contribution in [0.3, 0.4) is 0 Å². The Kier molecular flexibility index (Phi) is 5.59. The molecule has 2 fully saturated rings. The zero-order valence-electron chi connectivity index (χ0n) is 14.0. The molecular weight excluding hydrogens is 427 g/mol. The molecule has 140 valence electrons. The maximum Gasteiger partial charge on any atom is 0.281 e. The fourth-order valence-electron chi connectivity index (χ4n) is 2.85. The molecule has 2 saturated heterocycles. The van der Waals surface area contributed by atoms with E-state index in [1.807, 2.05) is 5.01 Å². The molecule has 1 aromatic carbocycles. The number of halogens is 2. The Morgan fingerprint density at radius 1 is 1.15 bits per heavy atom. The van der Waals surface area contributed by atoms with Gasteiger partial charge < -0.3 is 9.15 Å². The van der Waals surface area contributed by atoms with Gasteiger partial charge in [0.1, 0.15) is 11.5 Å². The minimum Gasteiger partial charge on any atom is -0.457 e. The van der Waals surface area contributed by atoms with Gasteiger partial charge in [-0.05, 0) is 30.3 Å². The third kappa shape index (κ3) is 3.94. The van der Waals surface area contributed by atoms with Gasteiger partial charge in [0.05, 0.1) is 23.1 Å². The van der Waals surface area contributed by atoms with Gasteiger partial charge in [0.15, 0.2) is 4.32 Å². The Labute approximate surface area is 175 Å². The van der Waals surface area contributed by atoms with E-state index in [1.165, 1.54) is 11.8 Å². The van der Waals surface area contributed by atoms with E-state index in [0.29, 0.717) is 62.7 Å². The van der Waals surface area contributed by atoms with Gasteiger partial charge in [-0.1, -0.05) is 47.2 Å². The molecule has 2 aliphatic heterocycles. The highest BCUT2D eigenvalue weighted by molar-refractivity contribution is 8.26. The van der Waals surface area contributed by atoms with Crippen LogP contribution >= 0.6 is 47.2 Å². The zero-order valence-corrected chi connectivity index (χ0v) is 17.1. The first-order valence-electron chi connectivity index (χ1n) is 8.19. The number of hydrogen-bond donors (Lipinski definition) is 0. The van der Waals surface area contributed by atoms with Crippen LogP contribution in [0, 0.1) is 0 Å². The summed E-state index contributed by atoms with van der Waals surface area (Å²) in [4.78, 5) is 13.3. The third-order valence-corrected chi connectivity index (χ3v) is 5.99. The van der Waals surface area contributed by atoms with Crippen molar-refractivity contribution in [2.45, 2.75) is 0 Å². The summed E-state index contributed by atoms with van der Waals surface area (Å²) < 4.78 is 11.7. The van der Waals surface area contributed by atoms with E-state index in [1.54, 1.807) is 41.4 Å². The molecule has 4 rings (SSSR count). The molecule has 0 aliphatic carbocycles. The van der Waals surface area contributed by atoms with Gasteiger partial charge >= 0.3 is 0 Å². The third-order valence-electron chi connectivity index (χ3n) is 4.14. The lowest BCUT2D eigenvalue weighted by atomic mass is 10.2. The van der Waals surface area contributed by atoms with Crippen molar-refractivity contribution in [3.05, 3.63) is 51.0 Å². The first kappa shape index (κ1) is 19.0. The van der Waals surface area contributed by atoms with E-state index in [0.717, 1.165) is 0 Å². The molecule has 0 radical (unpaired) electrons. The normalized spacial score (nSPS) is 20.1. The van der Waals surface area contributed by atoms with Crippen LogP contribution in [0.15, 0.2) is 39.7 Å². The number of furan rings is 1. The standard InChI is InChI=1S/C18H14Cl2N2O3S2/c19-11-1-3-14(20)13(9-11)15-4-2-12(25-15)10-16-17(23)22(18(26)27-16)21-5-7-24-8-6-21/h1-4,9-10H,5-8H2/b16-10-. The van der Waals surface area contributed by atoms with Crippen molar-refractivity contribution >= 4 is 63.5 Å². The van der Waals surface area contributed by atoms with Crippen molar-refractivity contribution in [1.29, 1.82) is 0 Å². The van der Waals surface area contributed by atoms with Gasteiger partial charge in [0.25, 0.3) is 5.91 Å². The minimum atomic E-state index is -0.148. The van der Waals surface area contributed by atoms with Crippen molar-refractivity contribution < 1.29 is 13.9 Å². The molecule has 3 heterocycles. The zero-order chi connectivity index (χ0) is 19.0. The van der Waals surface area contributed by atoms with Crippen molar-refractivity contribution in [1.82, 2.24) is 10.0 Å². The van der Waals surface area contributed by atoms with Gasteiger partial charge in [-0.3, -0.25) is 4.79 Å². The summed E-state index contributed by atoms with van der Waals surface area (Å²) in [7, 11) is 0. The minimum absolute atomic E-state index is 0.148. The van der Waals surface area contributed by atoms with Crippen LogP contribution in [0.1, 0.15) is 5.76 Å². The summed E-state index contributed by atoms with van der Waals surface area (Å²) in [5.41, 5.74) is 0.699. The molecule has 9 heteroatoms. The quantitative estimate of drug-likeness (QED) is 0.508. The van der Waals surface area contributed by atoms with Crippen molar-refractivity contribution in [3.8, 4) is 11.3 Å². The lowest BCUT2D eigenvalue weighted by molar-refractivity contribution is -0.138. The van der Waals surface area contributed by atoms with Crippen LogP contribution in [0.5, 0.6) is 0 Å². The molecule has 0 saturated carbocycles.